The van der Waals surface area contributed by atoms with Gasteiger partial charge in [0.2, 0.25) is 0 Å². The fourth-order valence-corrected chi connectivity index (χ4v) is 2.87. The Morgan fingerprint density at radius 3 is 2.83 bits per heavy atom. The van der Waals surface area contributed by atoms with Crippen molar-refractivity contribution in [3.8, 4) is 0 Å². The van der Waals surface area contributed by atoms with Gasteiger partial charge in [-0.2, -0.15) is 0 Å². The molecule has 2 rings (SSSR count). The molecule has 18 heavy (non-hydrogen) atoms. The summed E-state index contributed by atoms with van der Waals surface area (Å²) in [5, 5.41) is 0. The number of hydrogen-bond donors (Lipinski definition) is 1. The van der Waals surface area contributed by atoms with E-state index in [0.29, 0.717) is 19.2 Å². The summed E-state index contributed by atoms with van der Waals surface area (Å²) in [6, 6.07) is 8.83. The lowest BCUT2D eigenvalue weighted by atomic mass is 9.99. The average molecular weight is 248 g/mol. The Hall–Kier alpha value is -0.900. The molecule has 1 heterocycles. The van der Waals surface area contributed by atoms with Gasteiger partial charge in [0.1, 0.15) is 0 Å². The Labute approximate surface area is 110 Å². The Morgan fingerprint density at radius 1 is 1.44 bits per heavy atom. The second-order valence-electron chi connectivity index (χ2n) is 5.27. The lowest BCUT2D eigenvalue weighted by Crippen LogP contribution is -2.32. The zero-order valence-electron chi connectivity index (χ0n) is 11.4. The summed E-state index contributed by atoms with van der Waals surface area (Å²) in [5.74, 6) is 0.786. The molecule has 0 spiro atoms. The molecule has 1 saturated heterocycles. The molecular formula is C15H24N2O. The molecular weight excluding hydrogens is 224 g/mol. The molecule has 1 aromatic carbocycles. The maximum atomic E-state index is 6.01. The quantitative estimate of drug-likeness (QED) is 0.868. The van der Waals surface area contributed by atoms with Gasteiger partial charge >= 0.3 is 0 Å². The summed E-state index contributed by atoms with van der Waals surface area (Å²) >= 11 is 0. The molecule has 0 radical (unpaired) electrons. The van der Waals surface area contributed by atoms with E-state index in [9.17, 15) is 0 Å². The zero-order valence-corrected chi connectivity index (χ0v) is 11.4. The maximum absolute atomic E-state index is 6.01. The van der Waals surface area contributed by atoms with Gasteiger partial charge in [0.15, 0.2) is 0 Å². The van der Waals surface area contributed by atoms with Gasteiger partial charge < -0.3 is 10.5 Å². The standard InChI is InChI=1S/C15H24N2O/c1-12-7-8-17(10-12)15(9-16)14-6-4-3-5-13(14)11-18-2/h3-6,12,15H,7-11,16H2,1-2H3. The highest BCUT2D eigenvalue weighted by molar-refractivity contribution is 5.30. The third kappa shape index (κ3) is 2.91. The minimum Gasteiger partial charge on any atom is -0.380 e. The number of likely N-dealkylation sites (tertiary alicyclic amines) is 1. The maximum Gasteiger partial charge on any atom is 0.0716 e. The summed E-state index contributed by atoms with van der Waals surface area (Å²) in [6.45, 7) is 5.96. The van der Waals surface area contributed by atoms with E-state index in [2.05, 4.69) is 36.1 Å². The molecule has 2 unspecified atom stereocenters. The molecule has 100 valence electrons. The smallest absolute Gasteiger partial charge is 0.0716 e. The van der Waals surface area contributed by atoms with Crippen LogP contribution >= 0.6 is 0 Å². The largest absolute Gasteiger partial charge is 0.380 e. The van der Waals surface area contributed by atoms with E-state index in [0.717, 1.165) is 19.0 Å². The number of hydrogen-bond acceptors (Lipinski definition) is 3. The molecule has 1 aliphatic rings. The van der Waals surface area contributed by atoms with E-state index in [4.69, 9.17) is 10.5 Å². The average Bonchev–Trinajstić information content (AvgIpc) is 2.79. The van der Waals surface area contributed by atoms with Crippen molar-refractivity contribution in [2.24, 2.45) is 11.7 Å². The van der Waals surface area contributed by atoms with Crippen LogP contribution in [-0.4, -0.2) is 31.6 Å². The summed E-state index contributed by atoms with van der Waals surface area (Å²) in [7, 11) is 1.74. The monoisotopic (exact) mass is 248 g/mol. The van der Waals surface area contributed by atoms with E-state index >= 15 is 0 Å². The summed E-state index contributed by atoms with van der Waals surface area (Å²) in [5.41, 5.74) is 8.60. The summed E-state index contributed by atoms with van der Waals surface area (Å²) in [4.78, 5) is 2.51. The molecule has 3 heteroatoms. The first-order valence-corrected chi connectivity index (χ1v) is 6.77. The molecule has 0 aromatic heterocycles. The number of methoxy groups -OCH3 is 1. The van der Waals surface area contributed by atoms with Crippen molar-refractivity contribution in [1.29, 1.82) is 0 Å². The molecule has 0 aliphatic carbocycles. The van der Waals surface area contributed by atoms with Gasteiger partial charge in [-0.05, 0) is 30.0 Å². The zero-order chi connectivity index (χ0) is 13.0. The normalized spacial score (nSPS) is 22.3. The van der Waals surface area contributed by atoms with E-state index in [-0.39, 0.29) is 0 Å². The first kappa shape index (κ1) is 13.5. The lowest BCUT2D eigenvalue weighted by molar-refractivity contribution is 0.179. The molecule has 2 N–H and O–H groups in total. The van der Waals surface area contributed by atoms with Crippen LogP contribution in [-0.2, 0) is 11.3 Å². The van der Waals surface area contributed by atoms with Crippen LogP contribution in [0.25, 0.3) is 0 Å². The van der Waals surface area contributed by atoms with Gasteiger partial charge in [-0.15, -0.1) is 0 Å². The van der Waals surface area contributed by atoms with Crippen LogP contribution in [0.15, 0.2) is 24.3 Å². The fraction of sp³-hybridized carbons (Fsp3) is 0.600. The Balaban J connectivity index is 2.21. The van der Waals surface area contributed by atoms with Crippen molar-refractivity contribution in [3.63, 3.8) is 0 Å². The molecule has 3 nitrogen and oxygen atoms in total. The molecule has 0 saturated carbocycles. The molecule has 0 bridgehead atoms. The fourth-order valence-electron chi connectivity index (χ4n) is 2.87. The third-order valence-corrected chi connectivity index (χ3v) is 3.83. The van der Waals surface area contributed by atoms with Crippen LogP contribution in [0.5, 0.6) is 0 Å². The van der Waals surface area contributed by atoms with Gasteiger partial charge in [-0.1, -0.05) is 31.2 Å². The molecule has 1 fully saturated rings. The summed E-state index contributed by atoms with van der Waals surface area (Å²) in [6.07, 6.45) is 1.28. The van der Waals surface area contributed by atoms with Crippen LogP contribution in [0, 0.1) is 5.92 Å². The van der Waals surface area contributed by atoms with Crippen LogP contribution < -0.4 is 5.73 Å². The van der Waals surface area contributed by atoms with Gasteiger partial charge in [0.25, 0.3) is 0 Å². The predicted octanol–water partition coefficient (Wildman–Crippen LogP) is 2.17. The first-order chi connectivity index (χ1) is 8.76. The third-order valence-electron chi connectivity index (χ3n) is 3.83. The second kappa shape index (κ2) is 6.32. The molecule has 2 atom stereocenters. The number of nitrogens with two attached hydrogens (primary N) is 1. The van der Waals surface area contributed by atoms with Crippen LogP contribution in [0.2, 0.25) is 0 Å². The Kier molecular flexibility index (Phi) is 4.75. The Morgan fingerprint density at radius 2 is 2.22 bits per heavy atom. The first-order valence-electron chi connectivity index (χ1n) is 6.77. The van der Waals surface area contributed by atoms with Gasteiger partial charge in [-0.25, -0.2) is 0 Å². The van der Waals surface area contributed by atoms with Crippen molar-refractivity contribution in [2.75, 3.05) is 26.7 Å². The van der Waals surface area contributed by atoms with Crippen LogP contribution in [0.3, 0.4) is 0 Å². The van der Waals surface area contributed by atoms with Crippen LogP contribution in [0.1, 0.15) is 30.5 Å². The second-order valence-corrected chi connectivity index (χ2v) is 5.27. The van der Waals surface area contributed by atoms with Crippen molar-refractivity contribution in [1.82, 2.24) is 4.90 Å². The molecule has 1 aliphatic heterocycles. The highest BCUT2D eigenvalue weighted by atomic mass is 16.5. The lowest BCUT2D eigenvalue weighted by Gasteiger charge is -2.28. The van der Waals surface area contributed by atoms with Crippen molar-refractivity contribution < 1.29 is 4.74 Å². The van der Waals surface area contributed by atoms with E-state index in [1.165, 1.54) is 17.5 Å². The molecule has 1 aromatic rings. The minimum absolute atomic E-state index is 0.335. The number of benzene rings is 1. The number of nitrogens with zero attached hydrogens (tertiary/aromatic N) is 1. The highest BCUT2D eigenvalue weighted by Crippen LogP contribution is 2.29. The van der Waals surface area contributed by atoms with Gasteiger partial charge in [-0.3, -0.25) is 4.90 Å². The van der Waals surface area contributed by atoms with Crippen LogP contribution in [0.4, 0.5) is 0 Å². The summed E-state index contributed by atoms with van der Waals surface area (Å²) < 4.78 is 5.29. The Bertz CT molecular complexity index is 381. The minimum atomic E-state index is 0.335. The topological polar surface area (TPSA) is 38.5 Å². The van der Waals surface area contributed by atoms with Gasteiger partial charge in [0.05, 0.1) is 6.61 Å². The van der Waals surface area contributed by atoms with Crippen molar-refractivity contribution in [3.05, 3.63) is 35.4 Å². The van der Waals surface area contributed by atoms with Gasteiger partial charge in [0, 0.05) is 26.2 Å². The SMILES string of the molecule is COCc1ccccc1C(CN)N1CCC(C)C1. The number of ether oxygens (including phenoxy) is 1. The highest BCUT2D eigenvalue weighted by Gasteiger charge is 2.27. The van der Waals surface area contributed by atoms with Crippen molar-refractivity contribution >= 4 is 0 Å². The predicted molar refractivity (Wildman–Crippen MR) is 74.3 cm³/mol. The van der Waals surface area contributed by atoms with E-state index < -0.39 is 0 Å². The van der Waals surface area contributed by atoms with Crippen molar-refractivity contribution in [2.45, 2.75) is 26.0 Å². The van der Waals surface area contributed by atoms with E-state index in [1.807, 2.05) is 0 Å². The number of rotatable bonds is 5. The molecule has 0 amide bonds. The van der Waals surface area contributed by atoms with E-state index in [1.54, 1.807) is 7.11 Å².